The van der Waals surface area contributed by atoms with Gasteiger partial charge >= 0.3 is 6.18 Å². The number of pyridine rings is 1. The molecule has 1 unspecified atom stereocenters. The molecule has 1 aromatic carbocycles. The van der Waals surface area contributed by atoms with Crippen molar-refractivity contribution in [1.82, 2.24) is 9.97 Å². The van der Waals surface area contributed by atoms with Crippen LogP contribution in [0.4, 0.5) is 13.2 Å². The molecule has 0 saturated heterocycles. The van der Waals surface area contributed by atoms with Gasteiger partial charge in [0.05, 0.1) is 24.9 Å². The van der Waals surface area contributed by atoms with Crippen LogP contribution < -0.4 is 9.47 Å². The molecule has 37 heavy (non-hydrogen) atoms. The Hall–Kier alpha value is -3.04. The van der Waals surface area contributed by atoms with Gasteiger partial charge < -0.3 is 19.6 Å². The summed E-state index contributed by atoms with van der Waals surface area (Å²) in [4.78, 5) is 7.18. The second kappa shape index (κ2) is 10.0. The molecule has 0 spiro atoms. The molecule has 0 saturated carbocycles. The topological polar surface area (TPSA) is 67.4 Å². The second-order valence-electron chi connectivity index (χ2n) is 10.3. The summed E-state index contributed by atoms with van der Waals surface area (Å²) in [5.41, 5.74) is -0.795. The van der Waals surface area contributed by atoms with Gasteiger partial charge in [0.25, 0.3) is 0 Å². The molecule has 0 aliphatic rings. The second-order valence-corrected chi connectivity index (χ2v) is 11.0. The van der Waals surface area contributed by atoms with Gasteiger partial charge in [-0.15, -0.1) is 0 Å². The third-order valence-corrected chi connectivity index (χ3v) is 7.10. The van der Waals surface area contributed by atoms with E-state index in [-0.39, 0.29) is 11.8 Å². The van der Waals surface area contributed by atoms with Gasteiger partial charge in [-0.2, -0.15) is 24.5 Å². The number of benzene rings is 1. The molecule has 0 fully saturated rings. The molecule has 9 heteroatoms. The van der Waals surface area contributed by atoms with Gasteiger partial charge in [0.2, 0.25) is 5.88 Å². The minimum absolute atomic E-state index is 0.0869. The van der Waals surface area contributed by atoms with E-state index in [1.807, 2.05) is 42.8 Å². The van der Waals surface area contributed by atoms with E-state index < -0.39 is 30.0 Å². The predicted octanol–water partition coefficient (Wildman–Crippen LogP) is 7.29. The zero-order valence-corrected chi connectivity index (χ0v) is 22.3. The van der Waals surface area contributed by atoms with Crippen molar-refractivity contribution in [2.75, 3.05) is 7.11 Å². The lowest BCUT2D eigenvalue weighted by Gasteiger charge is -2.38. The Labute approximate surface area is 218 Å². The van der Waals surface area contributed by atoms with Crippen LogP contribution in [-0.2, 0) is 11.8 Å². The van der Waals surface area contributed by atoms with Gasteiger partial charge in [0, 0.05) is 29.1 Å². The fourth-order valence-electron chi connectivity index (χ4n) is 4.72. The summed E-state index contributed by atoms with van der Waals surface area (Å²) >= 11 is 1.54. The number of aliphatic hydroxyl groups is 1. The Morgan fingerprint density at radius 3 is 2.46 bits per heavy atom. The van der Waals surface area contributed by atoms with Gasteiger partial charge in [-0.1, -0.05) is 19.9 Å². The number of nitrogens with one attached hydrogen (secondary N) is 1. The molecule has 4 aromatic rings. The SMILES string of the molecule is COc1ccc(-c2ccsc2)cc1C(C)(C)CC(O)(Cc1cc2cc(OC(C)C)ncc2[nH]1)C(F)(F)F. The van der Waals surface area contributed by atoms with Crippen molar-refractivity contribution in [1.29, 1.82) is 0 Å². The van der Waals surface area contributed by atoms with E-state index in [2.05, 4.69) is 9.97 Å². The number of hydrogen-bond acceptors (Lipinski definition) is 5. The Bertz CT molecular complexity index is 1360. The smallest absolute Gasteiger partial charge is 0.417 e. The van der Waals surface area contributed by atoms with Crippen molar-refractivity contribution in [3.8, 4) is 22.8 Å². The quantitative estimate of drug-likeness (QED) is 0.238. The molecule has 3 heterocycles. The summed E-state index contributed by atoms with van der Waals surface area (Å²) in [7, 11) is 1.49. The van der Waals surface area contributed by atoms with Gasteiger partial charge in [-0.3, -0.25) is 0 Å². The van der Waals surface area contributed by atoms with E-state index in [0.717, 1.165) is 11.1 Å². The lowest BCUT2D eigenvalue weighted by Crippen LogP contribution is -2.51. The first-order valence-electron chi connectivity index (χ1n) is 12.0. The first-order valence-corrected chi connectivity index (χ1v) is 12.9. The standard InChI is InChI=1S/C28H31F3N2O3S/c1-17(2)36-25-12-20-10-21(33-23(20)14-32-25)13-27(34,28(29,30)31)16-26(3,4)22-11-18(6-7-24(22)35-5)19-8-9-37-15-19/h6-12,14-15,17,33-34H,13,16H2,1-5H3. The summed E-state index contributed by atoms with van der Waals surface area (Å²) in [5.74, 6) is 0.862. The van der Waals surface area contributed by atoms with Gasteiger partial charge in [-0.25, -0.2) is 4.98 Å². The Kier molecular flexibility index (Phi) is 7.32. The summed E-state index contributed by atoms with van der Waals surface area (Å²) < 4.78 is 54.5. The maximum Gasteiger partial charge on any atom is 0.417 e. The van der Waals surface area contributed by atoms with Crippen LogP contribution in [0.5, 0.6) is 11.6 Å². The van der Waals surface area contributed by atoms with E-state index >= 15 is 0 Å². The number of rotatable bonds is 9. The number of alkyl halides is 3. The Morgan fingerprint density at radius 2 is 1.84 bits per heavy atom. The largest absolute Gasteiger partial charge is 0.496 e. The number of aromatic nitrogens is 2. The number of aromatic amines is 1. The summed E-state index contributed by atoms with van der Waals surface area (Å²) in [5, 5.41) is 15.8. The number of nitrogens with zero attached hydrogens (tertiary/aromatic N) is 1. The van der Waals surface area contributed by atoms with Crippen LogP contribution in [0.3, 0.4) is 0 Å². The monoisotopic (exact) mass is 532 g/mol. The number of H-pyrrole nitrogens is 1. The number of ether oxygens (including phenoxy) is 2. The number of hydrogen-bond donors (Lipinski definition) is 2. The molecule has 0 amide bonds. The van der Waals surface area contributed by atoms with Crippen LogP contribution >= 0.6 is 11.3 Å². The summed E-state index contributed by atoms with van der Waals surface area (Å²) in [6.45, 7) is 7.13. The first kappa shape index (κ1) is 27.0. The fraction of sp³-hybridized carbons (Fsp3) is 0.393. The minimum atomic E-state index is -4.87. The van der Waals surface area contributed by atoms with Crippen LogP contribution in [0, 0.1) is 0 Å². The van der Waals surface area contributed by atoms with Crippen LogP contribution in [0.2, 0.25) is 0 Å². The molecule has 3 aromatic heterocycles. The van der Waals surface area contributed by atoms with Crippen LogP contribution in [0.1, 0.15) is 45.4 Å². The van der Waals surface area contributed by atoms with E-state index in [0.29, 0.717) is 28.1 Å². The highest BCUT2D eigenvalue weighted by Gasteiger charge is 2.56. The molecule has 0 aliphatic heterocycles. The summed E-state index contributed by atoms with van der Waals surface area (Å²) in [6.07, 6.45) is -4.64. The molecule has 198 valence electrons. The first-order chi connectivity index (χ1) is 17.3. The summed E-state index contributed by atoms with van der Waals surface area (Å²) in [6, 6.07) is 10.7. The number of methoxy groups -OCH3 is 1. The van der Waals surface area contributed by atoms with Crippen molar-refractivity contribution in [3.05, 3.63) is 64.6 Å². The van der Waals surface area contributed by atoms with Crippen molar-refractivity contribution in [2.24, 2.45) is 0 Å². The minimum Gasteiger partial charge on any atom is -0.496 e. The average molecular weight is 533 g/mol. The van der Waals surface area contributed by atoms with Gasteiger partial charge in [0.15, 0.2) is 5.60 Å². The Morgan fingerprint density at radius 1 is 1.08 bits per heavy atom. The molecule has 4 rings (SSSR count). The number of fused-ring (bicyclic) bond motifs is 1. The van der Waals surface area contributed by atoms with Crippen molar-refractivity contribution >= 4 is 22.2 Å². The van der Waals surface area contributed by atoms with Crippen LogP contribution in [0.25, 0.3) is 22.0 Å². The van der Waals surface area contributed by atoms with Gasteiger partial charge in [-0.05, 0) is 71.8 Å². The normalized spacial score (nSPS) is 14.2. The number of thiophene rings is 1. The van der Waals surface area contributed by atoms with Crippen molar-refractivity contribution in [2.45, 2.75) is 63.8 Å². The molecule has 2 N–H and O–H groups in total. The predicted molar refractivity (Wildman–Crippen MR) is 141 cm³/mol. The molecule has 0 aliphatic carbocycles. The van der Waals surface area contributed by atoms with E-state index in [4.69, 9.17) is 9.47 Å². The molecule has 1 atom stereocenters. The van der Waals surface area contributed by atoms with Crippen LogP contribution in [0.15, 0.2) is 53.4 Å². The maximum atomic E-state index is 14.5. The van der Waals surface area contributed by atoms with Crippen molar-refractivity contribution < 1.29 is 27.8 Å². The van der Waals surface area contributed by atoms with Crippen LogP contribution in [-0.4, -0.2) is 40.1 Å². The third kappa shape index (κ3) is 5.78. The molecule has 5 nitrogen and oxygen atoms in total. The molecular formula is C28H31F3N2O3S. The highest BCUT2D eigenvalue weighted by atomic mass is 32.1. The zero-order chi connectivity index (χ0) is 27.0. The Balaban J connectivity index is 1.68. The van der Waals surface area contributed by atoms with E-state index in [1.165, 1.54) is 13.3 Å². The molecule has 0 radical (unpaired) electrons. The highest BCUT2D eigenvalue weighted by Crippen LogP contribution is 2.46. The maximum absolute atomic E-state index is 14.5. The average Bonchev–Trinajstić information content (AvgIpc) is 3.46. The van der Waals surface area contributed by atoms with E-state index in [9.17, 15) is 18.3 Å². The highest BCUT2D eigenvalue weighted by molar-refractivity contribution is 7.08. The van der Waals surface area contributed by atoms with Gasteiger partial charge in [0.1, 0.15) is 5.75 Å². The third-order valence-electron chi connectivity index (χ3n) is 6.42. The van der Waals surface area contributed by atoms with Crippen molar-refractivity contribution in [3.63, 3.8) is 0 Å². The molecular weight excluding hydrogens is 501 g/mol. The number of halogens is 3. The fourth-order valence-corrected chi connectivity index (χ4v) is 5.39. The zero-order valence-electron chi connectivity index (χ0n) is 21.4. The molecule has 0 bridgehead atoms. The lowest BCUT2D eigenvalue weighted by molar-refractivity contribution is -0.266. The lowest BCUT2D eigenvalue weighted by atomic mass is 9.72. The van der Waals surface area contributed by atoms with E-state index in [1.54, 1.807) is 43.4 Å².